The van der Waals surface area contributed by atoms with Crippen molar-refractivity contribution in [3.8, 4) is 5.88 Å². The Hall–Kier alpha value is -1.56. The van der Waals surface area contributed by atoms with Crippen molar-refractivity contribution in [3.05, 3.63) is 51.3 Å². The highest BCUT2D eigenvalue weighted by Gasteiger charge is 2.16. The second-order valence-corrected chi connectivity index (χ2v) is 4.77. The molecule has 0 atom stereocenters. The molecule has 22 heavy (non-hydrogen) atoms. The van der Waals surface area contributed by atoms with E-state index in [0.29, 0.717) is 18.9 Å². The number of nitrogens with zero attached hydrogens (tertiary/aromatic N) is 2. The number of rotatable bonds is 8. The van der Waals surface area contributed by atoms with Gasteiger partial charge in [0.25, 0.3) is 11.4 Å². The second kappa shape index (κ2) is 9.46. The lowest BCUT2D eigenvalue weighted by molar-refractivity contribution is 0.108. The molecule has 0 spiro atoms. The van der Waals surface area contributed by atoms with Crippen molar-refractivity contribution in [2.24, 2.45) is 0 Å². The SMILES string of the molecule is C=C/C(=C\C=C/C)n1nc(OCCOCC)c(Cl)c(Cl)c1=O. The zero-order chi connectivity index (χ0) is 16.5. The Morgan fingerprint density at radius 1 is 1.36 bits per heavy atom. The van der Waals surface area contributed by atoms with Crippen LogP contribution in [-0.4, -0.2) is 29.6 Å². The first-order chi connectivity index (χ1) is 10.6. The number of allylic oxidation sites excluding steroid dienone is 5. The Morgan fingerprint density at radius 2 is 2.09 bits per heavy atom. The summed E-state index contributed by atoms with van der Waals surface area (Å²) in [5, 5.41) is 3.92. The van der Waals surface area contributed by atoms with Crippen LogP contribution < -0.4 is 10.3 Å². The average molecular weight is 345 g/mol. The Bertz CT molecular complexity index is 636. The summed E-state index contributed by atoms with van der Waals surface area (Å²) in [6.45, 7) is 8.60. The van der Waals surface area contributed by atoms with Gasteiger partial charge in [-0.25, -0.2) is 0 Å². The van der Waals surface area contributed by atoms with Gasteiger partial charge < -0.3 is 9.47 Å². The van der Waals surface area contributed by atoms with Crippen molar-refractivity contribution >= 4 is 28.9 Å². The van der Waals surface area contributed by atoms with E-state index in [1.807, 2.05) is 19.9 Å². The minimum atomic E-state index is -0.542. The molecule has 0 bridgehead atoms. The second-order valence-electron chi connectivity index (χ2n) is 4.02. The molecule has 0 unspecified atom stereocenters. The molecule has 0 saturated carbocycles. The van der Waals surface area contributed by atoms with Crippen molar-refractivity contribution < 1.29 is 9.47 Å². The monoisotopic (exact) mass is 344 g/mol. The van der Waals surface area contributed by atoms with E-state index in [1.165, 1.54) is 6.08 Å². The fourth-order valence-electron chi connectivity index (χ4n) is 1.49. The normalized spacial score (nSPS) is 11.9. The Morgan fingerprint density at radius 3 is 2.68 bits per heavy atom. The summed E-state index contributed by atoms with van der Waals surface area (Å²) in [4.78, 5) is 12.2. The fraction of sp³-hybridized carbons (Fsp3) is 0.333. The molecule has 7 heteroatoms. The summed E-state index contributed by atoms with van der Waals surface area (Å²) >= 11 is 12.0. The number of halogens is 2. The first-order valence-electron chi connectivity index (χ1n) is 6.71. The van der Waals surface area contributed by atoms with E-state index in [9.17, 15) is 4.79 Å². The standard InChI is InChI=1S/C15H18Cl2N2O3/c1-4-7-8-11(5-2)19-15(20)13(17)12(16)14(18-19)22-10-9-21-6-3/h4-5,7-8H,2,6,9-10H2,1,3H3/b7-4-,11-8+. The number of hydrogen-bond acceptors (Lipinski definition) is 4. The quantitative estimate of drug-likeness (QED) is 0.534. The van der Waals surface area contributed by atoms with E-state index in [0.717, 1.165) is 4.68 Å². The minimum absolute atomic E-state index is 0.0196. The molecule has 0 aliphatic heterocycles. The van der Waals surface area contributed by atoms with Gasteiger partial charge in [-0.1, -0.05) is 41.9 Å². The van der Waals surface area contributed by atoms with Crippen molar-refractivity contribution in [2.75, 3.05) is 19.8 Å². The molecule has 0 fully saturated rings. The van der Waals surface area contributed by atoms with Crippen molar-refractivity contribution in [1.82, 2.24) is 9.78 Å². The third-order valence-electron chi connectivity index (χ3n) is 2.54. The van der Waals surface area contributed by atoms with Gasteiger partial charge in [-0.2, -0.15) is 4.68 Å². The predicted molar refractivity (Wildman–Crippen MR) is 89.8 cm³/mol. The maximum Gasteiger partial charge on any atom is 0.292 e. The average Bonchev–Trinajstić information content (AvgIpc) is 2.53. The van der Waals surface area contributed by atoms with E-state index in [-0.39, 0.29) is 22.5 Å². The smallest absolute Gasteiger partial charge is 0.292 e. The summed E-state index contributed by atoms with van der Waals surface area (Å²) in [6.07, 6.45) is 6.73. The van der Waals surface area contributed by atoms with Gasteiger partial charge in [-0.15, -0.1) is 5.10 Å². The van der Waals surface area contributed by atoms with Crippen LogP contribution in [-0.2, 0) is 4.74 Å². The summed E-state index contributed by atoms with van der Waals surface area (Å²) in [6, 6.07) is 0. The molecule has 1 rings (SSSR count). The van der Waals surface area contributed by atoms with Crippen molar-refractivity contribution in [1.29, 1.82) is 0 Å². The van der Waals surface area contributed by atoms with Crippen LogP contribution in [0.3, 0.4) is 0 Å². The lowest BCUT2D eigenvalue weighted by Gasteiger charge is -2.11. The highest BCUT2D eigenvalue weighted by atomic mass is 35.5. The van der Waals surface area contributed by atoms with Crippen LogP contribution in [0.1, 0.15) is 13.8 Å². The molecule has 0 N–H and O–H groups in total. The highest BCUT2D eigenvalue weighted by Crippen LogP contribution is 2.27. The minimum Gasteiger partial charge on any atom is -0.473 e. The molecular weight excluding hydrogens is 327 g/mol. The molecule has 1 aromatic rings. The van der Waals surface area contributed by atoms with E-state index in [1.54, 1.807) is 12.2 Å². The van der Waals surface area contributed by atoms with Gasteiger partial charge in [0.2, 0.25) is 0 Å². The molecule has 0 aliphatic carbocycles. The molecule has 0 radical (unpaired) electrons. The fourth-order valence-corrected chi connectivity index (χ4v) is 1.82. The van der Waals surface area contributed by atoms with Crippen LogP contribution in [0, 0.1) is 0 Å². The van der Waals surface area contributed by atoms with Crippen LogP contribution in [0.2, 0.25) is 10.0 Å². The third kappa shape index (κ3) is 4.73. The number of ether oxygens (including phenoxy) is 2. The summed E-state index contributed by atoms with van der Waals surface area (Å²) in [7, 11) is 0. The number of hydrogen-bond donors (Lipinski definition) is 0. The van der Waals surface area contributed by atoms with Gasteiger partial charge in [0.1, 0.15) is 16.7 Å². The van der Waals surface area contributed by atoms with Gasteiger partial charge in [0.15, 0.2) is 0 Å². The van der Waals surface area contributed by atoms with E-state index in [2.05, 4.69) is 11.7 Å². The molecule has 1 heterocycles. The summed E-state index contributed by atoms with van der Waals surface area (Å²) in [5.74, 6) is 0.0687. The van der Waals surface area contributed by atoms with Crippen molar-refractivity contribution in [2.45, 2.75) is 13.8 Å². The van der Waals surface area contributed by atoms with Crippen LogP contribution in [0.5, 0.6) is 5.88 Å². The summed E-state index contributed by atoms with van der Waals surface area (Å²) < 4.78 is 11.7. The van der Waals surface area contributed by atoms with Crippen molar-refractivity contribution in [3.63, 3.8) is 0 Å². The molecule has 5 nitrogen and oxygen atoms in total. The highest BCUT2D eigenvalue weighted by molar-refractivity contribution is 6.42. The Balaban J connectivity index is 3.20. The summed E-state index contributed by atoms with van der Waals surface area (Å²) in [5.41, 5.74) is -0.0872. The molecule has 120 valence electrons. The molecule has 0 amide bonds. The van der Waals surface area contributed by atoms with Crippen LogP contribution in [0.25, 0.3) is 5.70 Å². The Labute approximate surface area is 139 Å². The van der Waals surface area contributed by atoms with Gasteiger partial charge in [0, 0.05) is 6.61 Å². The van der Waals surface area contributed by atoms with Crippen LogP contribution in [0.15, 0.2) is 35.7 Å². The van der Waals surface area contributed by atoms with Gasteiger partial charge >= 0.3 is 0 Å². The maximum absolute atomic E-state index is 12.2. The van der Waals surface area contributed by atoms with Gasteiger partial charge in [0.05, 0.1) is 12.3 Å². The molecule has 0 aromatic carbocycles. The topological polar surface area (TPSA) is 53.4 Å². The molecule has 1 aromatic heterocycles. The maximum atomic E-state index is 12.2. The van der Waals surface area contributed by atoms with E-state index >= 15 is 0 Å². The van der Waals surface area contributed by atoms with Gasteiger partial charge in [-0.05, 0) is 26.0 Å². The van der Waals surface area contributed by atoms with E-state index in [4.69, 9.17) is 32.7 Å². The first-order valence-corrected chi connectivity index (χ1v) is 7.47. The molecule has 0 saturated heterocycles. The predicted octanol–water partition coefficient (Wildman–Crippen LogP) is 3.57. The Kier molecular flexibility index (Phi) is 7.95. The van der Waals surface area contributed by atoms with Gasteiger partial charge in [-0.3, -0.25) is 4.79 Å². The largest absolute Gasteiger partial charge is 0.473 e. The third-order valence-corrected chi connectivity index (χ3v) is 3.33. The lowest BCUT2D eigenvalue weighted by atomic mass is 10.3. The van der Waals surface area contributed by atoms with Crippen LogP contribution in [0.4, 0.5) is 0 Å². The lowest BCUT2D eigenvalue weighted by Crippen LogP contribution is -2.23. The van der Waals surface area contributed by atoms with Crippen LogP contribution >= 0.6 is 23.2 Å². The number of aromatic nitrogens is 2. The first kappa shape index (κ1) is 18.5. The molecule has 0 aliphatic rings. The van der Waals surface area contributed by atoms with E-state index < -0.39 is 5.56 Å². The molecular formula is C15H18Cl2N2O3. The zero-order valence-electron chi connectivity index (χ0n) is 12.5. The zero-order valence-corrected chi connectivity index (χ0v) is 14.0.